The van der Waals surface area contributed by atoms with Crippen LogP contribution in [-0.4, -0.2) is 17.6 Å². The normalized spacial score (nSPS) is 16.6. The van der Waals surface area contributed by atoms with E-state index in [1.165, 1.54) is 12.8 Å². The monoisotopic (exact) mass is 233 g/mol. The lowest BCUT2D eigenvalue weighted by Crippen LogP contribution is -2.35. The van der Waals surface area contributed by atoms with Gasteiger partial charge in [0.1, 0.15) is 5.75 Å². The Kier molecular flexibility index (Phi) is 3.36. The minimum atomic E-state index is 0.0947. The molecule has 1 unspecified atom stereocenters. The maximum absolute atomic E-state index is 12.3. The molecule has 0 heterocycles. The first kappa shape index (κ1) is 12.0. The van der Waals surface area contributed by atoms with Crippen LogP contribution in [0.5, 0.6) is 5.75 Å². The van der Waals surface area contributed by atoms with Gasteiger partial charge in [-0.2, -0.15) is 0 Å². The first-order valence-electron chi connectivity index (χ1n) is 6.24. The molecule has 3 heteroatoms. The Balaban J connectivity index is 2.17. The summed E-state index contributed by atoms with van der Waals surface area (Å²) < 4.78 is 0. The molecule has 1 atom stereocenters. The third-order valence-corrected chi connectivity index (χ3v) is 3.44. The molecule has 1 N–H and O–H groups in total. The third kappa shape index (κ3) is 2.60. The van der Waals surface area contributed by atoms with Crippen molar-refractivity contribution in [3.63, 3.8) is 0 Å². The van der Waals surface area contributed by atoms with Crippen LogP contribution >= 0.6 is 0 Å². The summed E-state index contributed by atoms with van der Waals surface area (Å²) in [7, 11) is 0. The molecule has 0 aliphatic heterocycles. The number of carbonyl (C=O) groups is 1. The van der Waals surface area contributed by atoms with Gasteiger partial charge in [0.05, 0.1) is 0 Å². The molecule has 1 aromatic rings. The van der Waals surface area contributed by atoms with E-state index in [9.17, 15) is 9.90 Å². The Morgan fingerprint density at radius 1 is 1.53 bits per heavy atom. The highest BCUT2D eigenvalue weighted by atomic mass is 16.3. The van der Waals surface area contributed by atoms with Crippen molar-refractivity contribution >= 4 is 11.6 Å². The molecular formula is C14H19NO2. The Morgan fingerprint density at radius 2 is 2.24 bits per heavy atom. The molecule has 0 spiro atoms. The fourth-order valence-corrected chi connectivity index (χ4v) is 2.17. The summed E-state index contributed by atoms with van der Waals surface area (Å²) in [4.78, 5) is 14.1. The second-order valence-corrected chi connectivity index (χ2v) is 4.73. The Hall–Kier alpha value is -1.51. The van der Waals surface area contributed by atoms with Crippen LogP contribution in [0.15, 0.2) is 24.3 Å². The Morgan fingerprint density at radius 3 is 2.76 bits per heavy atom. The van der Waals surface area contributed by atoms with Crippen molar-refractivity contribution in [1.29, 1.82) is 0 Å². The fraction of sp³-hybridized carbons (Fsp3) is 0.500. The lowest BCUT2D eigenvalue weighted by atomic mass is 10.0. The molecule has 2 rings (SSSR count). The predicted molar refractivity (Wildman–Crippen MR) is 68.0 cm³/mol. The second kappa shape index (κ2) is 4.78. The van der Waals surface area contributed by atoms with Crippen molar-refractivity contribution in [2.24, 2.45) is 11.8 Å². The summed E-state index contributed by atoms with van der Waals surface area (Å²) in [5, 5.41) is 9.46. The summed E-state index contributed by atoms with van der Waals surface area (Å²) in [5.41, 5.74) is 0.782. The van der Waals surface area contributed by atoms with Gasteiger partial charge in [-0.25, -0.2) is 0 Å². The topological polar surface area (TPSA) is 40.5 Å². The standard InChI is InChI=1S/C14H19NO2/c1-3-15(12-5-4-6-13(16)9-12)14(17)10(2)11-7-8-11/h4-6,9-11,16H,3,7-8H2,1-2H3. The number of rotatable bonds is 4. The number of benzene rings is 1. The van der Waals surface area contributed by atoms with Crippen LogP contribution in [0.4, 0.5) is 5.69 Å². The molecule has 1 amide bonds. The first-order chi connectivity index (χ1) is 8.13. The molecule has 0 bridgehead atoms. The molecule has 92 valence electrons. The summed E-state index contributed by atoms with van der Waals surface area (Å²) in [6.45, 7) is 4.60. The number of phenolic OH excluding ortho intramolecular Hbond substituents is 1. The SMILES string of the molecule is CCN(C(=O)C(C)C1CC1)c1cccc(O)c1. The van der Waals surface area contributed by atoms with E-state index in [0.717, 1.165) is 5.69 Å². The summed E-state index contributed by atoms with van der Waals surface area (Å²) >= 11 is 0. The van der Waals surface area contributed by atoms with Crippen LogP contribution in [0.3, 0.4) is 0 Å². The van der Waals surface area contributed by atoms with E-state index in [0.29, 0.717) is 12.5 Å². The molecule has 1 aliphatic carbocycles. The van der Waals surface area contributed by atoms with Crippen molar-refractivity contribution in [2.45, 2.75) is 26.7 Å². The minimum Gasteiger partial charge on any atom is -0.508 e. The van der Waals surface area contributed by atoms with Gasteiger partial charge in [0.25, 0.3) is 0 Å². The fourth-order valence-electron chi connectivity index (χ4n) is 2.17. The number of carbonyl (C=O) groups excluding carboxylic acids is 1. The van der Waals surface area contributed by atoms with Crippen LogP contribution < -0.4 is 4.90 Å². The zero-order valence-electron chi connectivity index (χ0n) is 10.4. The number of hydrogen-bond donors (Lipinski definition) is 1. The van der Waals surface area contributed by atoms with E-state index in [-0.39, 0.29) is 17.6 Å². The van der Waals surface area contributed by atoms with Crippen molar-refractivity contribution in [3.8, 4) is 5.75 Å². The maximum Gasteiger partial charge on any atom is 0.230 e. The second-order valence-electron chi connectivity index (χ2n) is 4.73. The molecule has 1 aliphatic rings. The molecule has 0 aromatic heterocycles. The van der Waals surface area contributed by atoms with E-state index >= 15 is 0 Å². The minimum absolute atomic E-state index is 0.0947. The number of nitrogens with zero attached hydrogens (tertiary/aromatic N) is 1. The predicted octanol–water partition coefficient (Wildman–Crippen LogP) is 2.79. The summed E-state index contributed by atoms with van der Waals surface area (Å²) in [6.07, 6.45) is 2.34. The van der Waals surface area contributed by atoms with Crippen LogP contribution in [0.1, 0.15) is 26.7 Å². The van der Waals surface area contributed by atoms with Gasteiger partial charge >= 0.3 is 0 Å². The van der Waals surface area contributed by atoms with E-state index in [1.54, 1.807) is 23.1 Å². The van der Waals surface area contributed by atoms with E-state index < -0.39 is 0 Å². The average molecular weight is 233 g/mol. The van der Waals surface area contributed by atoms with Gasteiger partial charge in [0.15, 0.2) is 0 Å². The number of amides is 1. The molecule has 3 nitrogen and oxygen atoms in total. The van der Waals surface area contributed by atoms with Crippen LogP contribution in [-0.2, 0) is 4.79 Å². The Labute approximate surface area is 102 Å². The third-order valence-electron chi connectivity index (χ3n) is 3.44. The van der Waals surface area contributed by atoms with Crippen molar-refractivity contribution in [2.75, 3.05) is 11.4 Å². The summed E-state index contributed by atoms with van der Waals surface area (Å²) in [5.74, 6) is 1.03. The van der Waals surface area contributed by atoms with Crippen molar-refractivity contribution in [1.82, 2.24) is 0 Å². The van der Waals surface area contributed by atoms with Crippen LogP contribution in [0.25, 0.3) is 0 Å². The van der Waals surface area contributed by atoms with Gasteiger partial charge in [-0.05, 0) is 37.8 Å². The Bertz CT molecular complexity index is 412. The van der Waals surface area contributed by atoms with Gasteiger partial charge in [-0.15, -0.1) is 0 Å². The molecule has 1 saturated carbocycles. The highest BCUT2D eigenvalue weighted by Crippen LogP contribution is 2.38. The van der Waals surface area contributed by atoms with E-state index in [2.05, 4.69) is 0 Å². The van der Waals surface area contributed by atoms with E-state index in [1.807, 2.05) is 19.9 Å². The lowest BCUT2D eigenvalue weighted by Gasteiger charge is -2.24. The molecular weight excluding hydrogens is 214 g/mol. The van der Waals surface area contributed by atoms with Gasteiger partial charge in [-0.1, -0.05) is 13.0 Å². The maximum atomic E-state index is 12.3. The number of anilines is 1. The number of hydrogen-bond acceptors (Lipinski definition) is 2. The molecule has 17 heavy (non-hydrogen) atoms. The van der Waals surface area contributed by atoms with Crippen molar-refractivity contribution < 1.29 is 9.90 Å². The number of aromatic hydroxyl groups is 1. The van der Waals surface area contributed by atoms with Gasteiger partial charge in [0.2, 0.25) is 5.91 Å². The molecule has 0 radical (unpaired) electrons. The van der Waals surface area contributed by atoms with Crippen LogP contribution in [0.2, 0.25) is 0 Å². The molecule has 1 aromatic carbocycles. The first-order valence-corrected chi connectivity index (χ1v) is 6.24. The zero-order chi connectivity index (χ0) is 12.4. The molecule has 1 fully saturated rings. The largest absolute Gasteiger partial charge is 0.508 e. The van der Waals surface area contributed by atoms with Crippen LogP contribution in [0, 0.1) is 11.8 Å². The summed E-state index contributed by atoms with van der Waals surface area (Å²) in [6, 6.07) is 6.89. The van der Waals surface area contributed by atoms with Gasteiger partial charge in [0, 0.05) is 24.2 Å². The van der Waals surface area contributed by atoms with Crippen molar-refractivity contribution in [3.05, 3.63) is 24.3 Å². The number of phenols is 1. The average Bonchev–Trinajstić information content (AvgIpc) is 3.13. The lowest BCUT2D eigenvalue weighted by molar-refractivity contribution is -0.122. The van der Waals surface area contributed by atoms with Gasteiger partial charge < -0.3 is 10.0 Å². The highest BCUT2D eigenvalue weighted by molar-refractivity contribution is 5.95. The molecule has 0 saturated heterocycles. The zero-order valence-corrected chi connectivity index (χ0v) is 10.4. The smallest absolute Gasteiger partial charge is 0.230 e. The van der Waals surface area contributed by atoms with E-state index in [4.69, 9.17) is 0 Å². The quantitative estimate of drug-likeness (QED) is 0.868. The highest BCUT2D eigenvalue weighted by Gasteiger charge is 2.34. The van der Waals surface area contributed by atoms with Gasteiger partial charge in [-0.3, -0.25) is 4.79 Å².